The summed E-state index contributed by atoms with van der Waals surface area (Å²) in [6, 6.07) is 25.3. The van der Waals surface area contributed by atoms with Crippen LogP contribution >= 0.6 is 0 Å². The Morgan fingerprint density at radius 1 is 0.939 bits per heavy atom. The van der Waals surface area contributed by atoms with E-state index in [4.69, 9.17) is 4.98 Å². The summed E-state index contributed by atoms with van der Waals surface area (Å²) in [6.45, 7) is 2.97. The Balaban J connectivity index is 1.31. The van der Waals surface area contributed by atoms with Crippen molar-refractivity contribution < 1.29 is 0 Å². The molecule has 4 aromatic rings. The van der Waals surface area contributed by atoms with Gasteiger partial charge in [0.05, 0.1) is 5.69 Å². The van der Waals surface area contributed by atoms with Crippen LogP contribution in [0.5, 0.6) is 0 Å². The summed E-state index contributed by atoms with van der Waals surface area (Å²) >= 11 is 0. The lowest BCUT2D eigenvalue weighted by atomic mass is 10.0. The third kappa shape index (κ3) is 5.00. The molecule has 5 rings (SSSR count). The lowest BCUT2D eigenvalue weighted by molar-refractivity contribution is 0.601. The van der Waals surface area contributed by atoms with Crippen molar-refractivity contribution in [1.82, 2.24) is 20.2 Å². The third-order valence-electron chi connectivity index (χ3n) is 6.21. The largest absolute Gasteiger partial charge is 0.338 e. The molecule has 0 spiro atoms. The third-order valence-corrected chi connectivity index (χ3v) is 6.21. The molecule has 0 aliphatic carbocycles. The normalized spacial score (nSPS) is 15.5. The molecule has 33 heavy (non-hydrogen) atoms. The molecule has 2 aromatic heterocycles. The maximum absolute atomic E-state index is 4.82. The number of nitrogens with one attached hydrogen (secondary N) is 1. The fraction of sp³-hybridized carbons (Fsp3) is 0.259. The zero-order valence-electron chi connectivity index (χ0n) is 18.9. The van der Waals surface area contributed by atoms with Crippen molar-refractivity contribution in [2.45, 2.75) is 38.6 Å². The smallest absolute Gasteiger partial charge is 0.227 e. The van der Waals surface area contributed by atoms with Gasteiger partial charge in [0.25, 0.3) is 0 Å². The van der Waals surface area contributed by atoms with Gasteiger partial charge in [-0.25, -0.2) is 4.98 Å². The van der Waals surface area contributed by atoms with Crippen LogP contribution < -0.4 is 10.2 Å². The summed E-state index contributed by atoms with van der Waals surface area (Å²) in [7, 11) is 0. The van der Waals surface area contributed by atoms with Crippen LogP contribution in [-0.4, -0.2) is 32.8 Å². The first-order chi connectivity index (χ1) is 16.3. The molecule has 0 saturated carbocycles. The first-order valence-corrected chi connectivity index (χ1v) is 11.6. The monoisotopic (exact) mass is 436 g/mol. The lowest BCUT2D eigenvalue weighted by Gasteiger charge is -2.25. The Bertz CT molecular complexity index is 1200. The van der Waals surface area contributed by atoms with E-state index in [1.165, 1.54) is 18.4 Å². The van der Waals surface area contributed by atoms with Crippen molar-refractivity contribution in [3.05, 3.63) is 90.3 Å². The Labute approximate surface area is 194 Å². The van der Waals surface area contributed by atoms with Gasteiger partial charge in [0.1, 0.15) is 5.82 Å². The van der Waals surface area contributed by atoms with E-state index >= 15 is 0 Å². The molecule has 1 N–H and O–H groups in total. The van der Waals surface area contributed by atoms with Crippen LogP contribution in [0.1, 0.15) is 30.5 Å². The van der Waals surface area contributed by atoms with Gasteiger partial charge in [-0.3, -0.25) is 0 Å². The number of nitrogens with zero attached hydrogens (tertiary/aromatic N) is 5. The van der Waals surface area contributed by atoms with Gasteiger partial charge in [0, 0.05) is 24.3 Å². The van der Waals surface area contributed by atoms with E-state index in [1.807, 2.05) is 43.5 Å². The average molecular weight is 437 g/mol. The Kier molecular flexibility index (Phi) is 6.24. The summed E-state index contributed by atoms with van der Waals surface area (Å²) in [5.74, 6) is 2.18. The number of hydrogen-bond donors (Lipinski definition) is 1. The van der Waals surface area contributed by atoms with Gasteiger partial charge in [0.15, 0.2) is 5.82 Å². The van der Waals surface area contributed by atoms with Crippen LogP contribution in [0.4, 0.5) is 17.6 Å². The van der Waals surface area contributed by atoms with E-state index in [-0.39, 0.29) is 0 Å². The number of rotatable bonds is 7. The molecular formula is C27H28N6. The summed E-state index contributed by atoms with van der Waals surface area (Å²) in [5.41, 5.74) is 4.46. The molecule has 1 fully saturated rings. The van der Waals surface area contributed by atoms with Crippen LogP contribution in [0, 0.1) is 6.92 Å². The Morgan fingerprint density at radius 2 is 1.73 bits per heavy atom. The van der Waals surface area contributed by atoms with Crippen LogP contribution in [0.3, 0.4) is 0 Å². The SMILES string of the molecule is Cc1nnc(Nc2ccnc(N3CCCC3CCc3ccccc3)n2)cc1-c1ccccc1. The van der Waals surface area contributed by atoms with Gasteiger partial charge in [-0.2, -0.15) is 10.1 Å². The highest BCUT2D eigenvalue weighted by molar-refractivity contribution is 5.69. The molecule has 0 radical (unpaired) electrons. The summed E-state index contributed by atoms with van der Waals surface area (Å²) in [6.07, 6.45) is 6.34. The minimum Gasteiger partial charge on any atom is -0.338 e. The number of aromatic nitrogens is 4. The minimum absolute atomic E-state index is 0.462. The molecule has 3 heterocycles. The van der Waals surface area contributed by atoms with E-state index in [2.05, 4.69) is 67.9 Å². The highest BCUT2D eigenvalue weighted by atomic mass is 15.3. The van der Waals surface area contributed by atoms with E-state index in [9.17, 15) is 0 Å². The second-order valence-corrected chi connectivity index (χ2v) is 8.48. The van der Waals surface area contributed by atoms with E-state index < -0.39 is 0 Å². The first kappa shape index (κ1) is 21.1. The molecule has 1 unspecified atom stereocenters. The van der Waals surface area contributed by atoms with Gasteiger partial charge in [0.2, 0.25) is 5.95 Å². The first-order valence-electron chi connectivity index (χ1n) is 11.6. The predicted octanol–water partition coefficient (Wildman–Crippen LogP) is 5.59. The molecule has 0 amide bonds. The molecule has 6 heteroatoms. The summed E-state index contributed by atoms with van der Waals surface area (Å²) in [5, 5.41) is 12.0. The van der Waals surface area contributed by atoms with Crippen LogP contribution in [0.15, 0.2) is 79.0 Å². The van der Waals surface area contributed by atoms with Gasteiger partial charge in [-0.15, -0.1) is 5.10 Å². The van der Waals surface area contributed by atoms with Crippen molar-refractivity contribution in [1.29, 1.82) is 0 Å². The number of hydrogen-bond acceptors (Lipinski definition) is 6. The number of benzene rings is 2. The molecule has 166 valence electrons. The van der Waals surface area contributed by atoms with Crippen molar-refractivity contribution in [3.63, 3.8) is 0 Å². The maximum Gasteiger partial charge on any atom is 0.227 e. The van der Waals surface area contributed by atoms with E-state index in [0.29, 0.717) is 11.9 Å². The standard InChI is InChI=1S/C27H28N6/c1-20-24(22-11-6-3-7-12-22)19-26(32-31-20)29-25-16-17-28-27(30-25)33-18-8-13-23(33)15-14-21-9-4-2-5-10-21/h2-7,9-12,16-17,19,23H,8,13-15,18H2,1H3,(H,28,29,30,32). The van der Waals surface area contributed by atoms with Gasteiger partial charge >= 0.3 is 0 Å². The second kappa shape index (κ2) is 9.77. The molecule has 0 bridgehead atoms. The van der Waals surface area contributed by atoms with Gasteiger partial charge in [-0.1, -0.05) is 60.7 Å². The fourth-order valence-electron chi connectivity index (χ4n) is 4.49. The number of anilines is 3. The quantitative estimate of drug-likeness (QED) is 0.407. The zero-order valence-corrected chi connectivity index (χ0v) is 18.9. The van der Waals surface area contributed by atoms with Crippen molar-refractivity contribution in [3.8, 4) is 11.1 Å². The predicted molar refractivity (Wildman–Crippen MR) is 133 cm³/mol. The maximum atomic E-state index is 4.82. The molecule has 1 aliphatic heterocycles. The molecular weight excluding hydrogens is 408 g/mol. The highest BCUT2D eigenvalue weighted by Gasteiger charge is 2.26. The summed E-state index contributed by atoms with van der Waals surface area (Å²) < 4.78 is 0. The van der Waals surface area contributed by atoms with Gasteiger partial charge < -0.3 is 10.2 Å². The van der Waals surface area contributed by atoms with Crippen LogP contribution in [0.25, 0.3) is 11.1 Å². The average Bonchev–Trinajstić information content (AvgIpc) is 3.34. The topological polar surface area (TPSA) is 66.8 Å². The van der Waals surface area contributed by atoms with Crippen molar-refractivity contribution in [2.75, 3.05) is 16.8 Å². The summed E-state index contributed by atoms with van der Waals surface area (Å²) in [4.78, 5) is 11.8. The van der Waals surface area contributed by atoms with E-state index in [1.54, 1.807) is 0 Å². The molecule has 1 aliphatic rings. The lowest BCUT2D eigenvalue weighted by Crippen LogP contribution is -2.31. The van der Waals surface area contributed by atoms with Crippen LogP contribution in [-0.2, 0) is 6.42 Å². The van der Waals surface area contributed by atoms with E-state index in [0.717, 1.165) is 48.0 Å². The molecule has 6 nitrogen and oxygen atoms in total. The molecule has 2 aromatic carbocycles. The highest BCUT2D eigenvalue weighted by Crippen LogP contribution is 2.28. The molecule has 1 saturated heterocycles. The van der Waals surface area contributed by atoms with Crippen molar-refractivity contribution >= 4 is 17.6 Å². The minimum atomic E-state index is 0.462. The zero-order chi connectivity index (χ0) is 22.5. The van der Waals surface area contributed by atoms with Crippen molar-refractivity contribution in [2.24, 2.45) is 0 Å². The molecule has 1 atom stereocenters. The number of aryl methyl sites for hydroxylation is 2. The Hall–Kier alpha value is -3.80. The Morgan fingerprint density at radius 3 is 2.55 bits per heavy atom. The fourth-order valence-corrected chi connectivity index (χ4v) is 4.49. The van der Waals surface area contributed by atoms with Crippen LogP contribution in [0.2, 0.25) is 0 Å². The second-order valence-electron chi connectivity index (χ2n) is 8.48. The van der Waals surface area contributed by atoms with Gasteiger partial charge in [-0.05, 0) is 55.9 Å².